The van der Waals surface area contributed by atoms with E-state index < -0.39 is 11.8 Å². The number of nitrogens with zero attached hydrogens (tertiary/aromatic N) is 6. The van der Waals surface area contributed by atoms with Gasteiger partial charge < -0.3 is 14.1 Å². The molecule has 0 atom stereocenters. The van der Waals surface area contributed by atoms with Crippen LogP contribution in [0.25, 0.3) is 5.69 Å². The molecule has 3 aromatic rings. The molecule has 2 aliphatic rings. The molecule has 2 aromatic heterocycles. The van der Waals surface area contributed by atoms with Gasteiger partial charge in [-0.2, -0.15) is 4.98 Å². The maximum absolute atomic E-state index is 12.4. The Labute approximate surface area is 208 Å². The van der Waals surface area contributed by atoms with Crippen molar-refractivity contribution in [3.8, 4) is 5.69 Å². The van der Waals surface area contributed by atoms with Gasteiger partial charge in [0.25, 0.3) is 0 Å². The number of carbonyl (C=O) groups excluding carboxylic acids is 1. The lowest BCUT2D eigenvalue weighted by atomic mass is 9.81. The Balaban J connectivity index is 1.40. The molecule has 11 heteroatoms. The van der Waals surface area contributed by atoms with Crippen molar-refractivity contribution in [2.45, 2.75) is 83.9 Å². The molecule has 5 rings (SSSR count). The predicted molar refractivity (Wildman–Crippen MR) is 126 cm³/mol. The molecule has 0 N–H and O–H groups in total. The number of benzene rings is 1. The molecule has 1 aliphatic carbocycles. The summed E-state index contributed by atoms with van der Waals surface area (Å²) in [5.74, 6) is 3.52. The van der Waals surface area contributed by atoms with E-state index in [-0.39, 0.29) is 12.5 Å². The lowest BCUT2D eigenvalue weighted by Crippen LogP contribution is -2.31. The van der Waals surface area contributed by atoms with E-state index >= 15 is 0 Å². The molecule has 3 heterocycles. The molecular weight excluding hydrogens is 472 g/mol. The van der Waals surface area contributed by atoms with E-state index in [9.17, 15) is 4.79 Å². The molecular formula is C24H29ClN6O4. The number of fused-ring (bicyclic) bond motifs is 3. The van der Waals surface area contributed by atoms with Crippen LogP contribution in [0.4, 0.5) is 4.79 Å². The standard InChI is InChI=1S/C24H29ClN6O4/c1-14-26-21(29-34-14)15-5-7-16(8-6-15)22-28-27-20-13-30(35-23(32)33-24(2,3)4)12-17-11-18(25)9-10-19(17)31(20)22/h9-11,15-16H,5-8,12-13H2,1-4H3/t15-,16-. The number of rotatable bonds is 3. The first kappa shape index (κ1) is 23.7. The normalized spacial score (nSPS) is 20.6. The molecule has 0 spiro atoms. The fourth-order valence-corrected chi connectivity index (χ4v) is 4.99. The zero-order chi connectivity index (χ0) is 24.7. The summed E-state index contributed by atoms with van der Waals surface area (Å²) >= 11 is 6.33. The molecule has 0 saturated heterocycles. The average molecular weight is 501 g/mol. The van der Waals surface area contributed by atoms with Gasteiger partial charge in [0, 0.05) is 23.8 Å². The van der Waals surface area contributed by atoms with E-state index in [1.54, 1.807) is 20.8 Å². The van der Waals surface area contributed by atoms with E-state index in [1.165, 1.54) is 5.06 Å². The van der Waals surface area contributed by atoms with Crippen molar-refractivity contribution in [3.63, 3.8) is 0 Å². The van der Waals surface area contributed by atoms with Crippen molar-refractivity contribution in [2.24, 2.45) is 0 Å². The zero-order valence-corrected chi connectivity index (χ0v) is 21.1. The van der Waals surface area contributed by atoms with E-state index in [1.807, 2.05) is 25.1 Å². The summed E-state index contributed by atoms with van der Waals surface area (Å²) in [6.07, 6.45) is 3.03. The highest BCUT2D eigenvalue weighted by Gasteiger charge is 2.33. The second-order valence-corrected chi connectivity index (χ2v) is 10.6. The minimum absolute atomic E-state index is 0.238. The quantitative estimate of drug-likeness (QED) is 0.446. The fourth-order valence-electron chi connectivity index (χ4n) is 4.79. The third-order valence-corrected chi connectivity index (χ3v) is 6.53. The molecule has 10 nitrogen and oxygen atoms in total. The number of aryl methyl sites for hydroxylation is 1. The van der Waals surface area contributed by atoms with Gasteiger partial charge in [0.1, 0.15) is 11.4 Å². The molecule has 0 radical (unpaired) electrons. The maximum atomic E-state index is 12.4. The number of hydroxylamine groups is 2. The maximum Gasteiger partial charge on any atom is 0.528 e. The van der Waals surface area contributed by atoms with E-state index in [2.05, 4.69) is 24.9 Å². The Morgan fingerprint density at radius 2 is 1.86 bits per heavy atom. The molecule has 1 aliphatic heterocycles. The summed E-state index contributed by atoms with van der Waals surface area (Å²) < 4.78 is 12.6. The Hall–Kier alpha value is -2.98. The van der Waals surface area contributed by atoms with Gasteiger partial charge in [-0.3, -0.25) is 4.57 Å². The van der Waals surface area contributed by atoms with Crippen molar-refractivity contribution < 1.29 is 18.9 Å². The Morgan fingerprint density at radius 1 is 1.11 bits per heavy atom. The lowest BCUT2D eigenvalue weighted by molar-refractivity contribution is -0.155. The Bertz CT molecular complexity index is 1230. The minimum atomic E-state index is -0.760. The molecule has 35 heavy (non-hydrogen) atoms. The van der Waals surface area contributed by atoms with Crippen LogP contribution in [-0.4, -0.2) is 41.7 Å². The average Bonchev–Trinajstić information content (AvgIpc) is 3.36. The van der Waals surface area contributed by atoms with Gasteiger partial charge in [-0.1, -0.05) is 16.8 Å². The predicted octanol–water partition coefficient (Wildman–Crippen LogP) is 5.24. The first-order valence-electron chi connectivity index (χ1n) is 11.9. The van der Waals surface area contributed by atoms with Crippen LogP contribution in [0.15, 0.2) is 22.7 Å². The smallest absolute Gasteiger partial charge is 0.427 e. The summed E-state index contributed by atoms with van der Waals surface area (Å²) in [6, 6.07) is 5.71. The summed E-state index contributed by atoms with van der Waals surface area (Å²) in [5.41, 5.74) is 1.20. The van der Waals surface area contributed by atoms with Crippen molar-refractivity contribution in [1.29, 1.82) is 0 Å². The van der Waals surface area contributed by atoms with Crippen LogP contribution in [-0.2, 0) is 22.7 Å². The lowest BCUT2D eigenvalue weighted by Gasteiger charge is -2.26. The third kappa shape index (κ3) is 5.18. The van der Waals surface area contributed by atoms with Gasteiger partial charge in [0.15, 0.2) is 11.6 Å². The number of hydrogen-bond acceptors (Lipinski definition) is 9. The van der Waals surface area contributed by atoms with Crippen molar-refractivity contribution in [2.75, 3.05) is 0 Å². The third-order valence-electron chi connectivity index (χ3n) is 6.30. The summed E-state index contributed by atoms with van der Waals surface area (Å²) in [7, 11) is 0. The number of aromatic nitrogens is 5. The van der Waals surface area contributed by atoms with Crippen LogP contribution in [0, 0.1) is 6.92 Å². The first-order valence-corrected chi connectivity index (χ1v) is 12.2. The highest BCUT2D eigenvalue weighted by molar-refractivity contribution is 6.30. The molecule has 0 bridgehead atoms. The van der Waals surface area contributed by atoms with E-state index in [0.717, 1.165) is 48.6 Å². The van der Waals surface area contributed by atoms with E-state index in [0.29, 0.717) is 29.2 Å². The van der Waals surface area contributed by atoms with Crippen LogP contribution in [0.1, 0.15) is 87.2 Å². The monoisotopic (exact) mass is 500 g/mol. The van der Waals surface area contributed by atoms with Crippen LogP contribution < -0.4 is 0 Å². The largest absolute Gasteiger partial charge is 0.528 e. The van der Waals surface area contributed by atoms with Crippen LogP contribution in [0.5, 0.6) is 0 Å². The molecule has 1 saturated carbocycles. The molecule has 0 unspecified atom stereocenters. The Kier molecular flexibility index (Phi) is 6.27. The van der Waals surface area contributed by atoms with Crippen molar-refractivity contribution in [3.05, 3.63) is 52.1 Å². The van der Waals surface area contributed by atoms with Gasteiger partial charge >= 0.3 is 6.16 Å². The summed E-state index contributed by atoms with van der Waals surface area (Å²) in [6.45, 7) is 7.82. The topological polar surface area (TPSA) is 108 Å². The van der Waals surface area contributed by atoms with Gasteiger partial charge in [-0.05, 0) is 70.2 Å². The van der Waals surface area contributed by atoms with Gasteiger partial charge in [-0.25, -0.2) is 4.79 Å². The van der Waals surface area contributed by atoms with Crippen molar-refractivity contribution in [1.82, 2.24) is 30.0 Å². The summed E-state index contributed by atoms with van der Waals surface area (Å²) in [5, 5.41) is 15.3. The first-order chi connectivity index (χ1) is 16.7. The molecule has 1 aromatic carbocycles. The van der Waals surface area contributed by atoms with Gasteiger partial charge in [0.05, 0.1) is 18.8 Å². The van der Waals surface area contributed by atoms with Gasteiger partial charge in [0.2, 0.25) is 5.89 Å². The summed E-state index contributed by atoms with van der Waals surface area (Å²) in [4.78, 5) is 22.3. The van der Waals surface area contributed by atoms with Gasteiger partial charge in [-0.15, -0.1) is 15.3 Å². The zero-order valence-electron chi connectivity index (χ0n) is 20.3. The second-order valence-electron chi connectivity index (χ2n) is 10.2. The molecule has 1 fully saturated rings. The highest BCUT2D eigenvalue weighted by atomic mass is 35.5. The fraction of sp³-hybridized carbons (Fsp3) is 0.542. The van der Waals surface area contributed by atoms with Crippen LogP contribution >= 0.6 is 11.6 Å². The highest BCUT2D eigenvalue weighted by Crippen LogP contribution is 2.40. The molecule has 186 valence electrons. The van der Waals surface area contributed by atoms with Crippen LogP contribution in [0.3, 0.4) is 0 Å². The minimum Gasteiger partial charge on any atom is -0.427 e. The van der Waals surface area contributed by atoms with E-state index in [4.69, 9.17) is 25.7 Å². The van der Waals surface area contributed by atoms with Crippen molar-refractivity contribution >= 4 is 17.8 Å². The SMILES string of the molecule is Cc1nc([C@H]2CC[C@H](c3nnc4n3-c3ccc(Cl)cc3CN(OC(=O)OC(C)(C)C)C4)CC2)no1. The number of ether oxygens (including phenoxy) is 1. The number of hydrogen-bond donors (Lipinski definition) is 0. The number of halogens is 1. The second kappa shape index (κ2) is 9.23. The molecule has 0 amide bonds. The number of carbonyl (C=O) groups is 1. The Morgan fingerprint density at radius 3 is 2.54 bits per heavy atom. The van der Waals surface area contributed by atoms with Crippen LogP contribution in [0.2, 0.25) is 5.02 Å².